The molecule has 0 spiro atoms. The molecule has 7 nitrogen and oxygen atoms in total. The molecule has 1 aromatic carbocycles. The smallest absolute Gasteiger partial charge is 0.338 e. The van der Waals surface area contributed by atoms with Gasteiger partial charge in [0, 0.05) is 12.2 Å². The van der Waals surface area contributed by atoms with E-state index >= 15 is 0 Å². The highest BCUT2D eigenvalue weighted by atomic mass is 16.5. The molecular formula is C22H26N2O5. The first kappa shape index (κ1) is 20.6. The zero-order valence-electron chi connectivity index (χ0n) is 16.5. The first-order valence-corrected chi connectivity index (χ1v) is 9.92. The molecule has 2 aromatic rings. The Hall–Kier alpha value is -3.09. The van der Waals surface area contributed by atoms with E-state index in [2.05, 4.69) is 10.6 Å². The Morgan fingerprint density at radius 1 is 1.14 bits per heavy atom. The highest BCUT2D eigenvalue weighted by molar-refractivity contribution is 6.03. The number of nitrogens with one attached hydrogen (secondary N) is 2. The minimum absolute atomic E-state index is 0.173. The van der Waals surface area contributed by atoms with Crippen molar-refractivity contribution in [3.8, 4) is 0 Å². The van der Waals surface area contributed by atoms with Crippen molar-refractivity contribution >= 4 is 23.5 Å². The monoisotopic (exact) mass is 398 g/mol. The van der Waals surface area contributed by atoms with Crippen molar-refractivity contribution in [2.24, 2.45) is 5.92 Å². The number of hydrogen-bond donors (Lipinski definition) is 2. The Morgan fingerprint density at radius 3 is 2.66 bits per heavy atom. The van der Waals surface area contributed by atoms with Crippen LogP contribution in [0.3, 0.4) is 0 Å². The lowest BCUT2D eigenvalue weighted by Gasteiger charge is -2.21. The maximum Gasteiger partial charge on any atom is 0.338 e. The van der Waals surface area contributed by atoms with E-state index in [-0.39, 0.29) is 23.8 Å². The first-order chi connectivity index (χ1) is 14.0. The van der Waals surface area contributed by atoms with Gasteiger partial charge in [-0.2, -0.15) is 0 Å². The molecule has 1 saturated carbocycles. The van der Waals surface area contributed by atoms with E-state index < -0.39 is 11.9 Å². The number of ether oxygens (including phenoxy) is 1. The van der Waals surface area contributed by atoms with Crippen LogP contribution < -0.4 is 10.6 Å². The number of furan rings is 1. The molecule has 3 rings (SSSR count). The second-order valence-corrected chi connectivity index (χ2v) is 7.35. The average Bonchev–Trinajstić information content (AvgIpc) is 3.28. The second-order valence-electron chi connectivity index (χ2n) is 7.35. The average molecular weight is 398 g/mol. The van der Waals surface area contributed by atoms with Gasteiger partial charge in [-0.25, -0.2) is 4.79 Å². The van der Waals surface area contributed by atoms with Crippen LogP contribution in [-0.4, -0.2) is 30.9 Å². The molecule has 2 amide bonds. The van der Waals surface area contributed by atoms with Gasteiger partial charge in [0.1, 0.15) is 0 Å². The van der Waals surface area contributed by atoms with Gasteiger partial charge in [0.25, 0.3) is 11.8 Å². The summed E-state index contributed by atoms with van der Waals surface area (Å²) in [5.74, 6) is -0.646. The number of aryl methyl sites for hydroxylation is 1. The fourth-order valence-electron chi connectivity index (χ4n) is 3.39. The van der Waals surface area contributed by atoms with Crippen LogP contribution in [0.5, 0.6) is 0 Å². The quantitative estimate of drug-likeness (QED) is 0.693. The van der Waals surface area contributed by atoms with Gasteiger partial charge >= 0.3 is 5.97 Å². The molecule has 154 valence electrons. The minimum Gasteiger partial charge on any atom is -0.459 e. The molecule has 0 bridgehead atoms. The highest BCUT2D eigenvalue weighted by Gasteiger charge is 2.17. The molecule has 0 aliphatic heterocycles. The van der Waals surface area contributed by atoms with Crippen molar-refractivity contribution in [3.05, 3.63) is 53.5 Å². The first-order valence-electron chi connectivity index (χ1n) is 9.92. The molecule has 1 heterocycles. The van der Waals surface area contributed by atoms with Gasteiger partial charge in [0.15, 0.2) is 12.4 Å². The van der Waals surface area contributed by atoms with Crippen LogP contribution >= 0.6 is 0 Å². The third-order valence-corrected chi connectivity index (χ3v) is 5.11. The molecule has 2 N–H and O–H groups in total. The molecule has 7 heteroatoms. The third-order valence-electron chi connectivity index (χ3n) is 5.11. The van der Waals surface area contributed by atoms with Crippen LogP contribution in [0.4, 0.5) is 5.69 Å². The van der Waals surface area contributed by atoms with Gasteiger partial charge < -0.3 is 19.8 Å². The Balaban J connectivity index is 1.51. The van der Waals surface area contributed by atoms with E-state index in [9.17, 15) is 14.4 Å². The lowest BCUT2D eigenvalue weighted by Crippen LogP contribution is -2.33. The maximum absolute atomic E-state index is 12.3. The summed E-state index contributed by atoms with van der Waals surface area (Å²) >= 11 is 0. The van der Waals surface area contributed by atoms with Crippen LogP contribution in [0.1, 0.15) is 58.6 Å². The predicted octanol–water partition coefficient (Wildman–Crippen LogP) is 3.69. The van der Waals surface area contributed by atoms with Crippen LogP contribution in [0.25, 0.3) is 0 Å². The van der Waals surface area contributed by atoms with Crippen molar-refractivity contribution in [1.82, 2.24) is 5.32 Å². The topological polar surface area (TPSA) is 97.6 Å². The molecule has 0 radical (unpaired) electrons. The van der Waals surface area contributed by atoms with E-state index in [1.165, 1.54) is 31.6 Å². The minimum atomic E-state index is -0.619. The maximum atomic E-state index is 12.3. The van der Waals surface area contributed by atoms with Crippen molar-refractivity contribution in [2.75, 3.05) is 18.5 Å². The molecule has 1 fully saturated rings. The Bertz CT molecular complexity index is 854. The SMILES string of the molecule is Cc1ccc(C(=O)OCC(=O)NCC2CCCCC2)cc1NC(=O)c1ccco1. The Labute approximate surface area is 169 Å². The number of carbonyl (C=O) groups is 3. The number of rotatable bonds is 7. The summed E-state index contributed by atoms with van der Waals surface area (Å²) in [5, 5.41) is 5.55. The number of anilines is 1. The molecule has 1 aliphatic rings. The van der Waals surface area contributed by atoms with E-state index in [4.69, 9.17) is 9.15 Å². The predicted molar refractivity (Wildman–Crippen MR) is 108 cm³/mol. The van der Waals surface area contributed by atoms with Crippen LogP contribution in [0.15, 0.2) is 41.0 Å². The standard InChI is InChI=1S/C22H26N2O5/c1-15-9-10-17(12-18(15)24-21(26)19-8-5-11-28-19)22(27)29-14-20(25)23-13-16-6-3-2-4-7-16/h5,8-12,16H,2-4,6-7,13-14H2,1H3,(H,23,25)(H,24,26). The van der Waals surface area contributed by atoms with Gasteiger partial charge in [-0.05, 0) is 55.5 Å². The summed E-state index contributed by atoms with van der Waals surface area (Å²) in [4.78, 5) is 36.4. The van der Waals surface area contributed by atoms with E-state index in [1.807, 2.05) is 6.92 Å². The van der Waals surface area contributed by atoms with Crippen LogP contribution in [0, 0.1) is 12.8 Å². The number of carbonyl (C=O) groups excluding carboxylic acids is 3. The third kappa shape index (κ3) is 5.94. The van der Waals surface area contributed by atoms with Crippen molar-refractivity contribution in [1.29, 1.82) is 0 Å². The number of amides is 2. The summed E-state index contributed by atoms with van der Waals surface area (Å²) in [6.07, 6.45) is 7.37. The summed E-state index contributed by atoms with van der Waals surface area (Å²) in [7, 11) is 0. The molecule has 0 unspecified atom stereocenters. The lowest BCUT2D eigenvalue weighted by molar-refractivity contribution is -0.124. The van der Waals surface area contributed by atoms with Crippen molar-refractivity contribution < 1.29 is 23.5 Å². The van der Waals surface area contributed by atoms with Crippen molar-refractivity contribution in [2.45, 2.75) is 39.0 Å². The largest absolute Gasteiger partial charge is 0.459 e. The summed E-state index contributed by atoms with van der Waals surface area (Å²) in [5.41, 5.74) is 1.51. The summed E-state index contributed by atoms with van der Waals surface area (Å²) < 4.78 is 10.2. The lowest BCUT2D eigenvalue weighted by atomic mass is 9.89. The number of esters is 1. The van der Waals surface area contributed by atoms with Gasteiger partial charge in [-0.3, -0.25) is 9.59 Å². The summed E-state index contributed by atoms with van der Waals surface area (Å²) in [6, 6.07) is 8.00. The van der Waals surface area contributed by atoms with E-state index in [1.54, 1.807) is 24.3 Å². The van der Waals surface area contributed by atoms with Gasteiger partial charge in [-0.1, -0.05) is 25.3 Å². The van der Waals surface area contributed by atoms with Gasteiger partial charge in [-0.15, -0.1) is 0 Å². The zero-order chi connectivity index (χ0) is 20.6. The highest BCUT2D eigenvalue weighted by Crippen LogP contribution is 2.22. The molecular weight excluding hydrogens is 372 g/mol. The Kier molecular flexibility index (Phi) is 7.05. The number of benzene rings is 1. The Morgan fingerprint density at radius 2 is 1.93 bits per heavy atom. The summed E-state index contributed by atoms with van der Waals surface area (Å²) in [6.45, 7) is 2.11. The number of hydrogen-bond acceptors (Lipinski definition) is 5. The fraction of sp³-hybridized carbons (Fsp3) is 0.409. The molecule has 0 atom stereocenters. The van der Waals surface area contributed by atoms with Crippen LogP contribution in [0.2, 0.25) is 0 Å². The normalized spacial score (nSPS) is 14.2. The van der Waals surface area contributed by atoms with Crippen LogP contribution in [-0.2, 0) is 9.53 Å². The van der Waals surface area contributed by atoms with E-state index in [0.717, 1.165) is 18.4 Å². The van der Waals surface area contributed by atoms with Gasteiger partial charge in [0.2, 0.25) is 0 Å². The molecule has 0 saturated heterocycles. The van der Waals surface area contributed by atoms with Crippen molar-refractivity contribution in [3.63, 3.8) is 0 Å². The van der Waals surface area contributed by atoms with E-state index in [0.29, 0.717) is 18.2 Å². The molecule has 1 aliphatic carbocycles. The van der Waals surface area contributed by atoms with Gasteiger partial charge in [0.05, 0.1) is 11.8 Å². The molecule has 1 aromatic heterocycles. The second kappa shape index (κ2) is 9.91. The molecule has 29 heavy (non-hydrogen) atoms. The zero-order valence-corrected chi connectivity index (χ0v) is 16.5. The fourth-order valence-corrected chi connectivity index (χ4v) is 3.39.